The SMILES string of the molecule is COc1cc([N+](=O)[O-])ccc1N1C[C@@H](C(=O)Oc2cccc(N3C(=O)[C@H]4CCCC[C@H]4C3=O)c2)CC1=O. The molecule has 0 radical (unpaired) electrons. The predicted octanol–water partition coefficient (Wildman–Crippen LogP) is 3.24. The number of benzene rings is 2. The van der Waals surface area contributed by atoms with Crippen molar-refractivity contribution in [1.82, 2.24) is 0 Å². The smallest absolute Gasteiger partial charge is 0.316 e. The summed E-state index contributed by atoms with van der Waals surface area (Å²) in [6.07, 6.45) is 3.15. The molecule has 2 aliphatic heterocycles. The quantitative estimate of drug-likeness (QED) is 0.191. The molecule has 192 valence electrons. The number of fused-ring (bicyclic) bond motifs is 1. The van der Waals surface area contributed by atoms with E-state index in [0.29, 0.717) is 24.2 Å². The van der Waals surface area contributed by atoms with Gasteiger partial charge in [0.25, 0.3) is 5.69 Å². The summed E-state index contributed by atoms with van der Waals surface area (Å²) in [5.74, 6) is -2.48. The molecule has 0 bridgehead atoms. The molecule has 11 nitrogen and oxygen atoms in total. The topological polar surface area (TPSA) is 136 Å². The van der Waals surface area contributed by atoms with Crippen molar-refractivity contribution in [2.24, 2.45) is 17.8 Å². The van der Waals surface area contributed by atoms with E-state index in [2.05, 4.69) is 0 Å². The molecule has 2 aromatic carbocycles. The van der Waals surface area contributed by atoms with Gasteiger partial charge in [-0.05, 0) is 31.0 Å². The van der Waals surface area contributed by atoms with Gasteiger partial charge >= 0.3 is 5.97 Å². The van der Waals surface area contributed by atoms with Gasteiger partial charge in [-0.25, -0.2) is 4.90 Å². The van der Waals surface area contributed by atoms with Gasteiger partial charge in [0.05, 0.1) is 47.2 Å². The largest absolute Gasteiger partial charge is 0.494 e. The molecule has 11 heteroatoms. The number of nitrogens with zero attached hydrogens (tertiary/aromatic N) is 3. The predicted molar refractivity (Wildman–Crippen MR) is 130 cm³/mol. The third-order valence-corrected chi connectivity index (χ3v) is 7.26. The summed E-state index contributed by atoms with van der Waals surface area (Å²) < 4.78 is 10.8. The van der Waals surface area contributed by atoms with E-state index in [-0.39, 0.29) is 59.7 Å². The number of esters is 1. The number of methoxy groups -OCH3 is 1. The molecule has 0 spiro atoms. The number of carbonyl (C=O) groups is 4. The maximum Gasteiger partial charge on any atom is 0.316 e. The Balaban J connectivity index is 1.30. The fraction of sp³-hybridized carbons (Fsp3) is 0.385. The van der Waals surface area contributed by atoms with E-state index in [0.717, 1.165) is 12.8 Å². The minimum Gasteiger partial charge on any atom is -0.494 e. The number of anilines is 2. The first kappa shape index (κ1) is 24.4. The van der Waals surface area contributed by atoms with Crippen LogP contribution in [-0.2, 0) is 19.2 Å². The first-order valence-corrected chi connectivity index (χ1v) is 12.1. The van der Waals surface area contributed by atoms with E-state index in [4.69, 9.17) is 9.47 Å². The summed E-state index contributed by atoms with van der Waals surface area (Å²) in [7, 11) is 1.34. The van der Waals surface area contributed by atoms with Gasteiger partial charge in [0, 0.05) is 25.1 Å². The Hall–Kier alpha value is -4.28. The molecule has 2 heterocycles. The Morgan fingerprint density at radius 1 is 1.03 bits per heavy atom. The summed E-state index contributed by atoms with van der Waals surface area (Å²) in [6.45, 7) is 0.0119. The first-order chi connectivity index (χ1) is 17.8. The average Bonchev–Trinajstić information content (AvgIpc) is 3.41. The van der Waals surface area contributed by atoms with Gasteiger partial charge < -0.3 is 14.4 Å². The molecule has 1 aliphatic carbocycles. The van der Waals surface area contributed by atoms with Crippen LogP contribution in [-0.4, -0.2) is 42.3 Å². The maximum atomic E-state index is 12.9. The number of imide groups is 1. The van der Waals surface area contributed by atoms with E-state index in [9.17, 15) is 29.3 Å². The summed E-state index contributed by atoms with van der Waals surface area (Å²) in [5.41, 5.74) is 0.495. The van der Waals surface area contributed by atoms with Crippen LogP contribution in [0.1, 0.15) is 32.1 Å². The molecule has 3 aliphatic rings. The van der Waals surface area contributed by atoms with Crippen molar-refractivity contribution in [2.75, 3.05) is 23.5 Å². The van der Waals surface area contributed by atoms with Gasteiger partial charge in [-0.3, -0.25) is 29.3 Å². The van der Waals surface area contributed by atoms with Gasteiger partial charge in [0.2, 0.25) is 17.7 Å². The summed E-state index contributed by atoms with van der Waals surface area (Å²) >= 11 is 0. The number of hydrogen-bond acceptors (Lipinski definition) is 8. The standard InChI is InChI=1S/C26H25N3O8/c1-36-22-13-17(29(34)35)9-10-21(22)27-14-15(11-23(27)30)26(33)37-18-6-4-5-16(12-18)28-24(31)19-7-2-3-8-20(19)25(28)32/h4-6,9-10,12-13,15,19-20H,2-3,7-8,11,14H2,1H3/t15-,19-,20+/m0/s1. The zero-order chi connectivity index (χ0) is 26.3. The number of carbonyl (C=O) groups excluding carboxylic acids is 4. The van der Waals surface area contributed by atoms with Crippen LogP contribution >= 0.6 is 0 Å². The van der Waals surface area contributed by atoms with E-state index in [1.54, 1.807) is 18.2 Å². The van der Waals surface area contributed by atoms with E-state index < -0.39 is 16.8 Å². The highest BCUT2D eigenvalue weighted by Gasteiger charge is 2.48. The Kier molecular flexibility index (Phi) is 6.36. The number of amides is 3. The maximum absolute atomic E-state index is 12.9. The zero-order valence-corrected chi connectivity index (χ0v) is 20.1. The van der Waals surface area contributed by atoms with Crippen molar-refractivity contribution in [2.45, 2.75) is 32.1 Å². The van der Waals surface area contributed by atoms with E-state index >= 15 is 0 Å². The van der Waals surface area contributed by atoms with Gasteiger partial charge in [-0.15, -0.1) is 0 Å². The summed E-state index contributed by atoms with van der Waals surface area (Å²) in [4.78, 5) is 64.5. The van der Waals surface area contributed by atoms with Crippen molar-refractivity contribution >= 4 is 40.8 Å². The lowest BCUT2D eigenvalue weighted by Gasteiger charge is -2.19. The highest BCUT2D eigenvalue weighted by molar-refractivity contribution is 6.22. The molecular formula is C26H25N3O8. The van der Waals surface area contributed by atoms with E-state index in [1.165, 1.54) is 41.2 Å². The number of hydrogen-bond donors (Lipinski definition) is 0. The van der Waals surface area contributed by atoms with Crippen molar-refractivity contribution in [3.05, 3.63) is 52.6 Å². The fourth-order valence-electron chi connectivity index (χ4n) is 5.40. The number of ether oxygens (including phenoxy) is 2. The number of nitro benzene ring substituents is 1. The molecule has 3 atom stereocenters. The van der Waals surface area contributed by atoms with Crippen molar-refractivity contribution in [3.8, 4) is 11.5 Å². The Labute approximate surface area is 212 Å². The zero-order valence-electron chi connectivity index (χ0n) is 20.1. The average molecular weight is 507 g/mol. The third-order valence-electron chi connectivity index (χ3n) is 7.26. The van der Waals surface area contributed by atoms with Crippen LogP contribution in [0, 0.1) is 27.9 Å². The Bertz CT molecular complexity index is 1280. The van der Waals surface area contributed by atoms with Crippen LogP contribution in [0.2, 0.25) is 0 Å². The molecule has 0 N–H and O–H groups in total. The molecular weight excluding hydrogens is 482 g/mol. The van der Waals surface area contributed by atoms with Crippen LogP contribution in [0.5, 0.6) is 11.5 Å². The minimum atomic E-state index is -0.783. The van der Waals surface area contributed by atoms with Crippen LogP contribution in [0.15, 0.2) is 42.5 Å². The van der Waals surface area contributed by atoms with E-state index in [1.807, 2.05) is 0 Å². The fourth-order valence-corrected chi connectivity index (χ4v) is 5.40. The third kappa shape index (κ3) is 4.41. The lowest BCUT2D eigenvalue weighted by Crippen LogP contribution is -2.31. The van der Waals surface area contributed by atoms with Crippen molar-refractivity contribution in [3.63, 3.8) is 0 Å². The molecule has 3 fully saturated rings. The lowest BCUT2D eigenvalue weighted by atomic mass is 9.81. The lowest BCUT2D eigenvalue weighted by molar-refractivity contribution is -0.384. The highest BCUT2D eigenvalue weighted by Crippen LogP contribution is 2.41. The molecule has 2 saturated heterocycles. The summed E-state index contributed by atoms with van der Waals surface area (Å²) in [5, 5.41) is 11.1. The van der Waals surface area contributed by atoms with Crippen molar-refractivity contribution < 1.29 is 33.6 Å². The number of nitro groups is 1. The Morgan fingerprint density at radius 3 is 2.38 bits per heavy atom. The number of non-ortho nitro benzene ring substituents is 1. The van der Waals surface area contributed by atoms with Crippen LogP contribution in [0.4, 0.5) is 17.1 Å². The summed E-state index contributed by atoms with van der Waals surface area (Å²) in [6, 6.07) is 10.2. The monoisotopic (exact) mass is 507 g/mol. The number of rotatable bonds is 6. The second kappa shape index (κ2) is 9.64. The first-order valence-electron chi connectivity index (χ1n) is 12.1. The van der Waals surface area contributed by atoms with Crippen molar-refractivity contribution in [1.29, 1.82) is 0 Å². The molecule has 37 heavy (non-hydrogen) atoms. The molecule has 0 unspecified atom stereocenters. The van der Waals surface area contributed by atoms with Crippen LogP contribution in [0.3, 0.4) is 0 Å². The van der Waals surface area contributed by atoms with Gasteiger partial charge in [-0.2, -0.15) is 0 Å². The Morgan fingerprint density at radius 2 is 1.73 bits per heavy atom. The molecule has 5 rings (SSSR count). The minimum absolute atomic E-state index is 0.0119. The molecule has 0 aromatic heterocycles. The second-order valence-electron chi connectivity index (χ2n) is 9.45. The highest BCUT2D eigenvalue weighted by atomic mass is 16.6. The molecule has 1 saturated carbocycles. The molecule has 2 aromatic rings. The van der Waals surface area contributed by atoms with Gasteiger partial charge in [0.1, 0.15) is 11.5 Å². The normalized spacial score (nSPS) is 23.3. The molecule has 3 amide bonds. The van der Waals surface area contributed by atoms with Gasteiger partial charge in [-0.1, -0.05) is 18.9 Å². The van der Waals surface area contributed by atoms with Gasteiger partial charge in [0.15, 0.2) is 0 Å². The van der Waals surface area contributed by atoms with Crippen LogP contribution in [0.25, 0.3) is 0 Å². The second-order valence-corrected chi connectivity index (χ2v) is 9.45. The van der Waals surface area contributed by atoms with Crippen LogP contribution < -0.4 is 19.3 Å².